The number of rotatable bonds is 6. The first kappa shape index (κ1) is 19.7. The van der Waals surface area contributed by atoms with E-state index >= 15 is 0 Å². The molecule has 2 heterocycles. The van der Waals surface area contributed by atoms with Crippen LogP contribution in [-0.2, 0) is 11.4 Å². The lowest BCUT2D eigenvalue weighted by atomic mass is 10.0. The molecule has 4 N–H and O–H groups in total. The standard InChI is InChI=1S/C22H22N4O4/c27-21(19-13-18(23-24-19)15-7-3-1-4-8-15)25-26-22(28)20-12-11-17(30-20)14-29-16-9-5-2-6-10-16/h1-12,18-19,23-24H,13-14H2,(H,25,27)(H,26,28). The highest BCUT2D eigenvalue weighted by Crippen LogP contribution is 2.21. The number of hydrazine groups is 2. The molecular formula is C22H22N4O4. The molecule has 8 nitrogen and oxygen atoms in total. The summed E-state index contributed by atoms with van der Waals surface area (Å²) in [6.07, 6.45) is 0.563. The van der Waals surface area contributed by atoms with Gasteiger partial charge in [0.1, 0.15) is 24.2 Å². The van der Waals surface area contributed by atoms with E-state index in [-0.39, 0.29) is 24.3 Å². The van der Waals surface area contributed by atoms with Crippen LogP contribution in [0.2, 0.25) is 0 Å². The quantitative estimate of drug-likeness (QED) is 0.468. The monoisotopic (exact) mass is 406 g/mol. The fourth-order valence-electron chi connectivity index (χ4n) is 3.15. The van der Waals surface area contributed by atoms with E-state index in [0.29, 0.717) is 17.9 Å². The largest absolute Gasteiger partial charge is 0.486 e. The molecule has 0 saturated carbocycles. The number of hydrogen-bond donors (Lipinski definition) is 4. The van der Waals surface area contributed by atoms with E-state index in [1.165, 1.54) is 6.07 Å². The van der Waals surface area contributed by atoms with Gasteiger partial charge in [0.25, 0.3) is 5.91 Å². The first-order chi connectivity index (χ1) is 14.7. The Labute approximate surface area is 173 Å². The van der Waals surface area contributed by atoms with Crippen LogP contribution < -0.4 is 26.4 Å². The molecule has 1 fully saturated rings. The molecule has 3 aromatic rings. The molecule has 4 rings (SSSR count). The van der Waals surface area contributed by atoms with E-state index in [1.807, 2.05) is 60.7 Å². The van der Waals surface area contributed by atoms with E-state index in [0.717, 1.165) is 5.56 Å². The fraction of sp³-hybridized carbons (Fsp3) is 0.182. The Bertz CT molecular complexity index is 991. The van der Waals surface area contributed by atoms with Crippen molar-refractivity contribution in [1.82, 2.24) is 21.7 Å². The van der Waals surface area contributed by atoms with Crippen molar-refractivity contribution in [3.63, 3.8) is 0 Å². The van der Waals surface area contributed by atoms with E-state index in [4.69, 9.17) is 9.15 Å². The highest BCUT2D eigenvalue weighted by atomic mass is 16.5. The predicted octanol–water partition coefficient (Wildman–Crippen LogP) is 2.23. The number of amides is 2. The number of para-hydroxylation sites is 1. The van der Waals surface area contributed by atoms with Crippen LogP contribution in [0.1, 0.15) is 34.3 Å². The summed E-state index contributed by atoms with van der Waals surface area (Å²) < 4.78 is 11.1. The predicted molar refractivity (Wildman–Crippen MR) is 109 cm³/mol. The molecule has 2 unspecified atom stereocenters. The zero-order valence-corrected chi connectivity index (χ0v) is 16.1. The zero-order valence-electron chi connectivity index (χ0n) is 16.1. The normalized spacial score (nSPS) is 18.0. The van der Waals surface area contributed by atoms with Crippen molar-refractivity contribution < 1.29 is 18.7 Å². The first-order valence-electron chi connectivity index (χ1n) is 9.62. The lowest BCUT2D eigenvalue weighted by molar-refractivity contribution is -0.123. The van der Waals surface area contributed by atoms with Crippen molar-refractivity contribution in [3.8, 4) is 5.75 Å². The highest BCUT2D eigenvalue weighted by Gasteiger charge is 2.30. The van der Waals surface area contributed by atoms with Crippen LogP contribution in [0, 0.1) is 0 Å². The molecule has 2 atom stereocenters. The lowest BCUT2D eigenvalue weighted by Crippen LogP contribution is -2.50. The van der Waals surface area contributed by atoms with Gasteiger partial charge < -0.3 is 9.15 Å². The fourth-order valence-corrected chi connectivity index (χ4v) is 3.15. The maximum Gasteiger partial charge on any atom is 0.305 e. The zero-order chi connectivity index (χ0) is 20.8. The molecule has 0 bridgehead atoms. The SMILES string of the molecule is O=C(NNC(=O)C1CC(c2ccccc2)NN1)c1ccc(COc2ccccc2)o1. The number of benzene rings is 2. The van der Waals surface area contributed by atoms with E-state index in [1.54, 1.807) is 6.07 Å². The molecule has 1 aliphatic heterocycles. The molecule has 0 aliphatic carbocycles. The summed E-state index contributed by atoms with van der Waals surface area (Å²) in [5.74, 6) is 0.413. The van der Waals surface area contributed by atoms with Gasteiger partial charge in [-0.05, 0) is 36.2 Å². The summed E-state index contributed by atoms with van der Waals surface area (Å²) in [5.41, 5.74) is 11.9. The van der Waals surface area contributed by atoms with Crippen molar-refractivity contribution >= 4 is 11.8 Å². The highest BCUT2D eigenvalue weighted by molar-refractivity contribution is 5.93. The summed E-state index contributed by atoms with van der Waals surface area (Å²) in [7, 11) is 0. The van der Waals surface area contributed by atoms with Crippen LogP contribution >= 0.6 is 0 Å². The average molecular weight is 406 g/mol. The second kappa shape index (κ2) is 9.25. The molecule has 154 valence electrons. The first-order valence-corrected chi connectivity index (χ1v) is 9.62. The Morgan fingerprint density at radius 2 is 1.67 bits per heavy atom. The number of carbonyl (C=O) groups is 2. The molecule has 0 radical (unpaired) electrons. The molecule has 1 saturated heterocycles. The number of ether oxygens (including phenoxy) is 1. The molecule has 2 aromatic carbocycles. The van der Waals surface area contributed by atoms with Crippen molar-refractivity contribution in [3.05, 3.63) is 89.9 Å². The lowest BCUT2D eigenvalue weighted by Gasteiger charge is -2.11. The molecule has 1 aromatic heterocycles. The summed E-state index contributed by atoms with van der Waals surface area (Å²) in [5, 5.41) is 0. The van der Waals surface area contributed by atoms with Crippen molar-refractivity contribution in [2.45, 2.75) is 25.1 Å². The van der Waals surface area contributed by atoms with Crippen LogP contribution in [0.3, 0.4) is 0 Å². The van der Waals surface area contributed by atoms with Gasteiger partial charge in [-0.25, -0.2) is 10.9 Å². The van der Waals surface area contributed by atoms with Gasteiger partial charge in [-0.2, -0.15) is 0 Å². The van der Waals surface area contributed by atoms with E-state index in [9.17, 15) is 9.59 Å². The third kappa shape index (κ3) is 4.86. The molecule has 0 spiro atoms. The van der Waals surface area contributed by atoms with Gasteiger partial charge in [-0.3, -0.25) is 20.4 Å². The third-order valence-corrected chi connectivity index (χ3v) is 4.73. The van der Waals surface area contributed by atoms with Crippen LogP contribution in [0.5, 0.6) is 5.75 Å². The summed E-state index contributed by atoms with van der Waals surface area (Å²) in [6.45, 7) is 0.197. The van der Waals surface area contributed by atoms with Gasteiger partial charge in [-0.15, -0.1) is 0 Å². The Morgan fingerprint density at radius 1 is 0.933 bits per heavy atom. The minimum Gasteiger partial charge on any atom is -0.486 e. The Balaban J connectivity index is 1.24. The summed E-state index contributed by atoms with van der Waals surface area (Å²) in [4.78, 5) is 24.6. The summed E-state index contributed by atoms with van der Waals surface area (Å²) in [6, 6.07) is 21.9. The number of nitrogens with one attached hydrogen (secondary N) is 4. The Kier molecular flexibility index (Phi) is 6.07. The van der Waals surface area contributed by atoms with Crippen molar-refractivity contribution in [1.29, 1.82) is 0 Å². The van der Waals surface area contributed by atoms with Crippen LogP contribution in [0.4, 0.5) is 0 Å². The van der Waals surface area contributed by atoms with Crippen molar-refractivity contribution in [2.24, 2.45) is 0 Å². The third-order valence-electron chi connectivity index (χ3n) is 4.73. The van der Waals surface area contributed by atoms with Crippen LogP contribution in [0.25, 0.3) is 0 Å². The Morgan fingerprint density at radius 3 is 2.43 bits per heavy atom. The topological polar surface area (TPSA) is 105 Å². The van der Waals surface area contributed by atoms with Gasteiger partial charge in [0.2, 0.25) is 0 Å². The maximum absolute atomic E-state index is 12.3. The average Bonchev–Trinajstić information content (AvgIpc) is 3.47. The number of carbonyl (C=O) groups excluding carboxylic acids is 2. The van der Waals surface area contributed by atoms with Gasteiger partial charge in [0.05, 0.1) is 0 Å². The molecular weight excluding hydrogens is 384 g/mol. The summed E-state index contributed by atoms with van der Waals surface area (Å²) >= 11 is 0. The number of furan rings is 1. The van der Waals surface area contributed by atoms with E-state index in [2.05, 4.69) is 21.7 Å². The minimum atomic E-state index is -0.542. The second-order valence-electron chi connectivity index (χ2n) is 6.85. The van der Waals surface area contributed by atoms with Gasteiger partial charge in [0.15, 0.2) is 5.76 Å². The van der Waals surface area contributed by atoms with Crippen LogP contribution in [0.15, 0.2) is 77.2 Å². The molecule has 2 amide bonds. The van der Waals surface area contributed by atoms with Gasteiger partial charge in [-0.1, -0.05) is 48.5 Å². The number of hydrogen-bond acceptors (Lipinski definition) is 6. The van der Waals surface area contributed by atoms with Crippen molar-refractivity contribution in [2.75, 3.05) is 0 Å². The molecule has 30 heavy (non-hydrogen) atoms. The Hall–Kier alpha value is -3.62. The minimum absolute atomic E-state index is 0.0231. The second-order valence-corrected chi connectivity index (χ2v) is 6.85. The maximum atomic E-state index is 12.3. The van der Waals surface area contributed by atoms with Gasteiger partial charge in [0, 0.05) is 6.04 Å². The van der Waals surface area contributed by atoms with E-state index < -0.39 is 11.9 Å². The molecule has 1 aliphatic rings. The smallest absolute Gasteiger partial charge is 0.305 e. The molecule has 8 heteroatoms. The van der Waals surface area contributed by atoms with Crippen LogP contribution in [-0.4, -0.2) is 17.9 Å². The van der Waals surface area contributed by atoms with Gasteiger partial charge >= 0.3 is 5.91 Å².